The van der Waals surface area contributed by atoms with E-state index in [4.69, 9.17) is 0 Å². The molecule has 0 rings (SSSR count). The summed E-state index contributed by atoms with van der Waals surface area (Å²) in [5.41, 5.74) is 0. The zero-order chi connectivity index (χ0) is 27.1. The van der Waals surface area contributed by atoms with Crippen LogP contribution in [0.4, 0.5) is 0 Å². The van der Waals surface area contributed by atoms with Gasteiger partial charge in [-0.1, -0.05) is 128 Å². The van der Waals surface area contributed by atoms with Crippen LogP contribution >= 0.6 is 0 Å². The maximum Gasteiger partial charge on any atom is 0.0782 e. The smallest absolute Gasteiger partial charge is 0.0782 e. The third-order valence-electron chi connectivity index (χ3n) is 8.05. The van der Waals surface area contributed by atoms with Gasteiger partial charge >= 0.3 is 0 Å². The molecule has 1 nitrogen and oxygen atoms in total. The van der Waals surface area contributed by atoms with Crippen molar-refractivity contribution in [2.45, 2.75) is 181 Å². The van der Waals surface area contributed by atoms with Gasteiger partial charge in [0.15, 0.2) is 0 Å². The van der Waals surface area contributed by atoms with E-state index >= 15 is 0 Å². The van der Waals surface area contributed by atoms with Crippen molar-refractivity contribution in [3.63, 3.8) is 0 Å². The summed E-state index contributed by atoms with van der Waals surface area (Å²) in [4.78, 5) is 0. The van der Waals surface area contributed by atoms with E-state index in [-0.39, 0.29) is 12.4 Å². The molecule has 0 aliphatic carbocycles. The molecular formula is C36H72ClN. The number of quaternary nitrogens is 1. The summed E-state index contributed by atoms with van der Waals surface area (Å²) in [7, 11) is 4.90. The lowest BCUT2D eigenvalue weighted by Gasteiger charge is -2.30. The van der Waals surface area contributed by atoms with E-state index in [1.807, 2.05) is 0 Å². The molecule has 0 unspecified atom stereocenters. The highest BCUT2D eigenvalue weighted by Crippen LogP contribution is 2.13. The normalized spacial score (nSPS) is 12.1. The van der Waals surface area contributed by atoms with Crippen LogP contribution in [0, 0.1) is 0 Å². The number of rotatable bonds is 30. The molecule has 0 N–H and O–H groups in total. The summed E-state index contributed by atoms with van der Waals surface area (Å²) in [5, 5.41) is 0. The summed E-state index contributed by atoms with van der Waals surface area (Å²) in [6.07, 6.45) is 46.1. The second kappa shape index (κ2) is 32.9. The molecule has 38 heavy (non-hydrogen) atoms. The van der Waals surface area contributed by atoms with Gasteiger partial charge in [0.05, 0.1) is 27.2 Å². The average Bonchev–Trinajstić information content (AvgIpc) is 2.88. The lowest BCUT2D eigenvalue weighted by molar-refractivity contribution is -0.890. The van der Waals surface area contributed by atoms with Crippen molar-refractivity contribution in [1.29, 1.82) is 0 Å². The third kappa shape index (κ3) is 33.8. The van der Waals surface area contributed by atoms with Crippen molar-refractivity contribution in [3.05, 3.63) is 24.3 Å². The summed E-state index contributed by atoms with van der Waals surface area (Å²) in [6.45, 7) is 7.32. The van der Waals surface area contributed by atoms with Gasteiger partial charge in [0, 0.05) is 0 Å². The molecule has 2 heteroatoms. The molecule has 0 heterocycles. The average molecular weight is 554 g/mol. The zero-order valence-electron chi connectivity index (χ0n) is 26.9. The summed E-state index contributed by atoms with van der Waals surface area (Å²) in [5.74, 6) is 0. The molecule has 0 atom stereocenters. The Kier molecular flexibility index (Phi) is 34.6. The predicted molar refractivity (Wildman–Crippen MR) is 172 cm³/mol. The van der Waals surface area contributed by atoms with Gasteiger partial charge < -0.3 is 16.9 Å². The van der Waals surface area contributed by atoms with Crippen molar-refractivity contribution in [2.75, 3.05) is 27.2 Å². The molecule has 0 fully saturated rings. The molecule has 0 saturated carbocycles. The number of halogens is 1. The standard InChI is InChI=1S/C36H72N.ClH/c1-5-7-9-11-13-15-17-19-21-23-25-27-29-31-33-35-37(3,4)36-34-32-30-28-26-24-22-20-18-16-14-12-10-8-6-2;/h17-20H,5-16,21-36H2,1-4H3;1H/q+1;/p-1/b19-17+,20-18+;. The molecule has 0 aromatic carbocycles. The Bertz CT molecular complexity index is 440. The zero-order valence-corrected chi connectivity index (χ0v) is 27.7. The molecular weight excluding hydrogens is 482 g/mol. The number of hydrogen-bond acceptors (Lipinski definition) is 0. The first-order valence-corrected chi connectivity index (χ1v) is 17.2. The number of allylic oxidation sites excluding steroid dienone is 4. The maximum absolute atomic E-state index is 2.45. The van der Waals surface area contributed by atoms with E-state index in [9.17, 15) is 0 Å². The first-order chi connectivity index (χ1) is 18.1. The van der Waals surface area contributed by atoms with E-state index in [1.54, 1.807) is 0 Å². The highest BCUT2D eigenvalue weighted by atomic mass is 35.5. The third-order valence-corrected chi connectivity index (χ3v) is 8.05. The maximum atomic E-state index is 2.45. The van der Waals surface area contributed by atoms with Crippen LogP contribution < -0.4 is 12.4 Å². The monoisotopic (exact) mass is 554 g/mol. The van der Waals surface area contributed by atoms with Gasteiger partial charge in [-0.25, -0.2) is 0 Å². The SMILES string of the molecule is CCCCCCC/C=C/CCCCCCCC[N+](C)(C)CCCCCCCC/C=C/CCCCCCC.[Cl-]. The molecule has 228 valence electrons. The van der Waals surface area contributed by atoms with Gasteiger partial charge in [0.2, 0.25) is 0 Å². The van der Waals surface area contributed by atoms with E-state index in [0.717, 1.165) is 0 Å². The molecule has 0 bridgehead atoms. The van der Waals surface area contributed by atoms with Crippen LogP contribution in [0.2, 0.25) is 0 Å². The van der Waals surface area contributed by atoms with Crippen molar-refractivity contribution in [3.8, 4) is 0 Å². The Morgan fingerprint density at radius 1 is 0.342 bits per heavy atom. The quantitative estimate of drug-likeness (QED) is 0.0472. The Morgan fingerprint density at radius 3 is 0.868 bits per heavy atom. The largest absolute Gasteiger partial charge is 1.00 e. The number of unbranched alkanes of at least 4 members (excludes halogenated alkanes) is 22. The Hall–Kier alpha value is -0.270. The molecule has 0 spiro atoms. The molecule has 0 amide bonds. The van der Waals surface area contributed by atoms with E-state index in [0.29, 0.717) is 0 Å². The Morgan fingerprint density at radius 2 is 0.579 bits per heavy atom. The highest BCUT2D eigenvalue weighted by Gasteiger charge is 2.13. The highest BCUT2D eigenvalue weighted by molar-refractivity contribution is 4.82. The van der Waals surface area contributed by atoms with Crippen molar-refractivity contribution in [2.24, 2.45) is 0 Å². The van der Waals surface area contributed by atoms with E-state index in [1.165, 1.54) is 185 Å². The molecule has 0 aromatic rings. The minimum Gasteiger partial charge on any atom is -1.00 e. The van der Waals surface area contributed by atoms with Gasteiger partial charge in [0.25, 0.3) is 0 Å². The molecule has 0 saturated heterocycles. The minimum atomic E-state index is 0. The first-order valence-electron chi connectivity index (χ1n) is 17.2. The topological polar surface area (TPSA) is 0 Å². The van der Waals surface area contributed by atoms with Crippen LogP contribution in [0.3, 0.4) is 0 Å². The van der Waals surface area contributed by atoms with Crippen LogP contribution in [0.25, 0.3) is 0 Å². The Balaban J connectivity index is 0. The number of hydrogen-bond donors (Lipinski definition) is 0. The fourth-order valence-electron chi connectivity index (χ4n) is 5.33. The first kappa shape index (κ1) is 39.9. The lowest BCUT2D eigenvalue weighted by Crippen LogP contribution is -3.00. The van der Waals surface area contributed by atoms with E-state index in [2.05, 4.69) is 52.2 Å². The molecule has 0 aliphatic rings. The van der Waals surface area contributed by atoms with Crippen molar-refractivity contribution in [1.82, 2.24) is 0 Å². The minimum absolute atomic E-state index is 0. The second-order valence-electron chi connectivity index (χ2n) is 12.6. The Labute approximate surface area is 248 Å². The molecule has 0 radical (unpaired) electrons. The fourth-order valence-corrected chi connectivity index (χ4v) is 5.33. The van der Waals surface area contributed by atoms with Crippen LogP contribution in [0.15, 0.2) is 24.3 Å². The summed E-state index contributed by atoms with van der Waals surface area (Å²) >= 11 is 0. The van der Waals surface area contributed by atoms with Gasteiger partial charge in [-0.05, 0) is 77.0 Å². The van der Waals surface area contributed by atoms with Gasteiger partial charge in [-0.2, -0.15) is 0 Å². The molecule has 0 aliphatic heterocycles. The summed E-state index contributed by atoms with van der Waals surface area (Å²) < 4.78 is 1.23. The summed E-state index contributed by atoms with van der Waals surface area (Å²) in [6, 6.07) is 0. The van der Waals surface area contributed by atoms with E-state index < -0.39 is 0 Å². The molecule has 0 aromatic heterocycles. The second-order valence-corrected chi connectivity index (χ2v) is 12.6. The van der Waals surface area contributed by atoms with Crippen LogP contribution in [0.1, 0.15) is 181 Å². The van der Waals surface area contributed by atoms with Crippen LogP contribution in [0.5, 0.6) is 0 Å². The van der Waals surface area contributed by atoms with Crippen molar-refractivity contribution >= 4 is 0 Å². The van der Waals surface area contributed by atoms with Crippen molar-refractivity contribution < 1.29 is 16.9 Å². The number of nitrogens with zero attached hydrogens (tertiary/aromatic N) is 1. The van der Waals surface area contributed by atoms with Gasteiger partial charge in [0.1, 0.15) is 0 Å². The van der Waals surface area contributed by atoms with Crippen LogP contribution in [-0.2, 0) is 0 Å². The van der Waals surface area contributed by atoms with Gasteiger partial charge in [-0.15, -0.1) is 0 Å². The fraction of sp³-hybridized carbons (Fsp3) is 0.889. The lowest BCUT2D eigenvalue weighted by atomic mass is 10.1. The van der Waals surface area contributed by atoms with Crippen LogP contribution in [-0.4, -0.2) is 31.7 Å². The predicted octanol–water partition coefficient (Wildman–Crippen LogP) is 9.36. The van der Waals surface area contributed by atoms with Gasteiger partial charge in [-0.3, -0.25) is 0 Å².